The number of halogens is 1. The SMILES string of the molecule is COc1cc(/C=C2/SC(=O)N(Cc3cccc4ccccc34)C2=O)c(Br)cc1OCc1ccccc1. The van der Waals surface area contributed by atoms with Gasteiger partial charge < -0.3 is 9.47 Å². The second kappa shape index (κ2) is 10.6. The van der Waals surface area contributed by atoms with E-state index in [4.69, 9.17) is 9.47 Å². The molecular weight excluding hydrogens is 538 g/mol. The van der Waals surface area contributed by atoms with Crippen molar-refractivity contribution >= 4 is 55.7 Å². The maximum atomic E-state index is 13.2. The molecule has 4 aromatic carbocycles. The zero-order valence-corrected chi connectivity index (χ0v) is 21.8. The van der Waals surface area contributed by atoms with Crippen LogP contribution < -0.4 is 9.47 Å². The summed E-state index contributed by atoms with van der Waals surface area (Å²) in [6, 6.07) is 27.3. The molecule has 180 valence electrons. The lowest BCUT2D eigenvalue weighted by Crippen LogP contribution is -2.27. The van der Waals surface area contributed by atoms with Gasteiger partial charge in [0.25, 0.3) is 11.1 Å². The lowest BCUT2D eigenvalue weighted by atomic mass is 10.0. The third-order valence-corrected chi connectivity index (χ3v) is 7.48. The lowest BCUT2D eigenvalue weighted by molar-refractivity contribution is -0.123. The molecule has 36 heavy (non-hydrogen) atoms. The van der Waals surface area contributed by atoms with E-state index in [9.17, 15) is 9.59 Å². The topological polar surface area (TPSA) is 55.8 Å². The van der Waals surface area contributed by atoms with Gasteiger partial charge in [-0.2, -0.15) is 0 Å². The van der Waals surface area contributed by atoms with Crippen molar-refractivity contribution in [3.8, 4) is 11.5 Å². The predicted molar refractivity (Wildman–Crippen MR) is 147 cm³/mol. The number of hydrogen-bond acceptors (Lipinski definition) is 5. The van der Waals surface area contributed by atoms with Crippen molar-refractivity contribution in [2.75, 3.05) is 7.11 Å². The van der Waals surface area contributed by atoms with Gasteiger partial charge >= 0.3 is 0 Å². The number of nitrogens with zero attached hydrogens (tertiary/aromatic N) is 1. The summed E-state index contributed by atoms with van der Waals surface area (Å²) in [5.41, 5.74) is 2.69. The quantitative estimate of drug-likeness (QED) is 0.220. The molecule has 0 N–H and O–H groups in total. The fourth-order valence-corrected chi connectivity index (χ4v) is 5.31. The van der Waals surface area contributed by atoms with Gasteiger partial charge in [-0.3, -0.25) is 14.5 Å². The van der Waals surface area contributed by atoms with Crippen LogP contribution in [0.4, 0.5) is 4.79 Å². The standard InChI is InChI=1S/C29H22BrNO4S/c1-34-25-14-22(24(30)16-26(25)35-18-19-8-3-2-4-9-19)15-27-28(32)31(29(33)36-27)17-21-12-7-11-20-10-5-6-13-23(20)21/h2-16H,17-18H2,1H3/b27-15+. The molecule has 0 saturated carbocycles. The Hall–Kier alpha value is -3.55. The van der Waals surface area contributed by atoms with Crippen molar-refractivity contribution in [1.82, 2.24) is 4.90 Å². The van der Waals surface area contributed by atoms with E-state index in [2.05, 4.69) is 15.9 Å². The fourth-order valence-electron chi connectivity index (χ4n) is 4.05. The van der Waals surface area contributed by atoms with Crippen LogP contribution in [0, 0.1) is 0 Å². The molecule has 0 spiro atoms. The number of hydrogen-bond donors (Lipinski definition) is 0. The summed E-state index contributed by atoms with van der Waals surface area (Å²) in [6.07, 6.45) is 1.71. The van der Waals surface area contributed by atoms with E-state index in [1.807, 2.05) is 78.9 Å². The Kier molecular flexibility index (Phi) is 7.11. The largest absolute Gasteiger partial charge is 0.493 e. The van der Waals surface area contributed by atoms with E-state index < -0.39 is 0 Å². The van der Waals surface area contributed by atoms with Crippen LogP contribution in [0.25, 0.3) is 16.8 Å². The van der Waals surface area contributed by atoms with Gasteiger partial charge in [-0.15, -0.1) is 0 Å². The van der Waals surface area contributed by atoms with Crippen LogP contribution in [0.2, 0.25) is 0 Å². The van der Waals surface area contributed by atoms with Gasteiger partial charge in [0, 0.05) is 4.47 Å². The molecule has 1 aliphatic rings. The van der Waals surface area contributed by atoms with E-state index in [1.165, 1.54) is 4.90 Å². The van der Waals surface area contributed by atoms with Gasteiger partial charge in [0.15, 0.2) is 11.5 Å². The van der Waals surface area contributed by atoms with Crippen LogP contribution >= 0.6 is 27.7 Å². The summed E-state index contributed by atoms with van der Waals surface area (Å²) in [6.45, 7) is 0.621. The molecule has 0 aliphatic carbocycles. The number of carbonyl (C=O) groups is 2. The number of rotatable bonds is 7. The zero-order valence-electron chi connectivity index (χ0n) is 19.4. The van der Waals surface area contributed by atoms with Gasteiger partial charge in [0.2, 0.25) is 0 Å². The van der Waals surface area contributed by atoms with Crippen molar-refractivity contribution in [3.05, 3.63) is 111 Å². The number of benzene rings is 4. The number of fused-ring (bicyclic) bond motifs is 1. The normalized spacial score (nSPS) is 14.6. The van der Waals surface area contributed by atoms with Crippen LogP contribution in [0.15, 0.2) is 94.3 Å². The lowest BCUT2D eigenvalue weighted by Gasteiger charge is -2.14. The number of methoxy groups -OCH3 is 1. The number of imide groups is 1. The molecule has 1 saturated heterocycles. The molecule has 0 aromatic heterocycles. The Balaban J connectivity index is 1.37. The van der Waals surface area contributed by atoms with Crippen molar-refractivity contribution in [2.24, 2.45) is 0 Å². The van der Waals surface area contributed by atoms with Gasteiger partial charge in [-0.1, -0.05) is 88.7 Å². The highest BCUT2D eigenvalue weighted by Gasteiger charge is 2.35. The molecule has 1 heterocycles. The van der Waals surface area contributed by atoms with Crippen LogP contribution in [0.3, 0.4) is 0 Å². The minimum absolute atomic E-state index is 0.222. The first-order chi connectivity index (χ1) is 17.5. The monoisotopic (exact) mass is 559 g/mol. The summed E-state index contributed by atoms with van der Waals surface area (Å²) in [7, 11) is 1.57. The fraction of sp³-hybridized carbons (Fsp3) is 0.103. The molecule has 5 nitrogen and oxygen atoms in total. The Morgan fingerprint density at radius 3 is 2.47 bits per heavy atom. The third kappa shape index (κ3) is 5.03. The zero-order chi connectivity index (χ0) is 25.1. The molecule has 0 radical (unpaired) electrons. The summed E-state index contributed by atoms with van der Waals surface area (Å²) in [4.78, 5) is 27.6. The summed E-state index contributed by atoms with van der Waals surface area (Å²) in [5.74, 6) is 0.804. The molecule has 0 atom stereocenters. The first kappa shape index (κ1) is 24.2. The smallest absolute Gasteiger partial charge is 0.293 e. The van der Waals surface area contributed by atoms with Gasteiger partial charge in [-0.25, -0.2) is 0 Å². The highest BCUT2D eigenvalue weighted by atomic mass is 79.9. The Morgan fingerprint density at radius 2 is 1.67 bits per heavy atom. The predicted octanol–water partition coefficient (Wildman–Crippen LogP) is 7.43. The molecule has 7 heteroatoms. The number of ether oxygens (including phenoxy) is 2. The molecule has 0 bridgehead atoms. The van der Waals surface area contributed by atoms with Crippen molar-refractivity contribution in [3.63, 3.8) is 0 Å². The minimum atomic E-state index is -0.312. The van der Waals surface area contributed by atoms with Gasteiger partial charge in [-0.05, 0) is 57.4 Å². The number of thioether (sulfide) groups is 1. The third-order valence-electron chi connectivity index (χ3n) is 5.89. The van der Waals surface area contributed by atoms with Crippen LogP contribution in [0.1, 0.15) is 16.7 Å². The van der Waals surface area contributed by atoms with Crippen LogP contribution in [-0.4, -0.2) is 23.2 Å². The van der Waals surface area contributed by atoms with E-state index in [-0.39, 0.29) is 17.7 Å². The minimum Gasteiger partial charge on any atom is -0.493 e. The Morgan fingerprint density at radius 1 is 0.917 bits per heavy atom. The average Bonchev–Trinajstić information content (AvgIpc) is 3.16. The number of carbonyl (C=O) groups excluding carboxylic acids is 2. The maximum absolute atomic E-state index is 13.2. The van der Waals surface area contributed by atoms with Crippen LogP contribution in [-0.2, 0) is 17.9 Å². The molecule has 2 amide bonds. The summed E-state index contributed by atoms with van der Waals surface area (Å²) < 4.78 is 12.2. The highest BCUT2D eigenvalue weighted by molar-refractivity contribution is 9.10. The van der Waals surface area contributed by atoms with Crippen LogP contribution in [0.5, 0.6) is 11.5 Å². The van der Waals surface area contributed by atoms with Crippen molar-refractivity contribution < 1.29 is 19.1 Å². The average molecular weight is 560 g/mol. The molecular formula is C29H22BrNO4S. The van der Waals surface area contributed by atoms with E-state index in [1.54, 1.807) is 19.3 Å². The molecule has 4 aromatic rings. The van der Waals surface area contributed by atoms with Gasteiger partial charge in [0.1, 0.15) is 6.61 Å². The molecule has 0 unspecified atom stereocenters. The Labute approximate surface area is 221 Å². The van der Waals surface area contributed by atoms with E-state index in [0.29, 0.717) is 23.0 Å². The number of amides is 2. The van der Waals surface area contributed by atoms with E-state index >= 15 is 0 Å². The summed E-state index contributed by atoms with van der Waals surface area (Å²) >= 11 is 4.52. The molecule has 1 aliphatic heterocycles. The Bertz CT molecular complexity index is 1480. The molecule has 1 fully saturated rings. The first-order valence-electron chi connectivity index (χ1n) is 11.3. The van der Waals surface area contributed by atoms with Crippen molar-refractivity contribution in [1.29, 1.82) is 0 Å². The van der Waals surface area contributed by atoms with E-state index in [0.717, 1.165) is 43.7 Å². The van der Waals surface area contributed by atoms with Crippen molar-refractivity contribution in [2.45, 2.75) is 13.2 Å². The highest BCUT2D eigenvalue weighted by Crippen LogP contribution is 2.39. The van der Waals surface area contributed by atoms with Gasteiger partial charge in [0.05, 0.1) is 18.6 Å². The molecule has 5 rings (SSSR count). The maximum Gasteiger partial charge on any atom is 0.293 e. The second-order valence-corrected chi connectivity index (χ2v) is 10.1. The second-order valence-electron chi connectivity index (χ2n) is 8.20. The first-order valence-corrected chi connectivity index (χ1v) is 12.9. The summed E-state index contributed by atoms with van der Waals surface area (Å²) in [5, 5.41) is 1.81.